The van der Waals surface area contributed by atoms with Crippen LogP contribution in [-0.2, 0) is 7.05 Å². The summed E-state index contributed by atoms with van der Waals surface area (Å²) in [5, 5.41) is 15.3. The summed E-state index contributed by atoms with van der Waals surface area (Å²) >= 11 is 7.76. The van der Waals surface area contributed by atoms with Crippen LogP contribution < -0.4 is 4.74 Å². The zero-order valence-corrected chi connectivity index (χ0v) is 17.6. The highest BCUT2D eigenvalue weighted by molar-refractivity contribution is 7.99. The number of halogens is 1. The molecule has 0 atom stereocenters. The molecule has 0 bridgehead atoms. The molecule has 0 aliphatic rings. The summed E-state index contributed by atoms with van der Waals surface area (Å²) in [7, 11) is 3.45. The van der Waals surface area contributed by atoms with Crippen molar-refractivity contribution in [2.24, 2.45) is 7.05 Å². The second-order valence-corrected chi connectivity index (χ2v) is 8.05. The van der Waals surface area contributed by atoms with E-state index in [4.69, 9.17) is 16.3 Å². The van der Waals surface area contributed by atoms with E-state index in [1.54, 1.807) is 30.1 Å². The monoisotopic (exact) mass is 427 g/mol. The third-order valence-corrected chi connectivity index (χ3v) is 6.17. The highest BCUT2D eigenvalue weighted by atomic mass is 35.5. The number of ether oxygens (including phenoxy) is 1. The summed E-state index contributed by atoms with van der Waals surface area (Å²) < 4.78 is 9.31. The SMILES string of the molecule is COc1ccc(C(=O)O)cc1Sc1c(C)n(-c2cnn(C)c2)c2cc(Cl)ccc12. The van der Waals surface area contributed by atoms with Crippen molar-refractivity contribution in [3.63, 3.8) is 0 Å². The van der Waals surface area contributed by atoms with Crippen LogP contribution in [0.3, 0.4) is 0 Å². The van der Waals surface area contributed by atoms with Crippen LogP contribution in [-0.4, -0.2) is 32.5 Å². The maximum atomic E-state index is 11.4. The fourth-order valence-electron chi connectivity index (χ4n) is 3.34. The summed E-state index contributed by atoms with van der Waals surface area (Å²) in [6.45, 7) is 2.02. The average molecular weight is 428 g/mol. The molecule has 0 unspecified atom stereocenters. The van der Waals surface area contributed by atoms with E-state index >= 15 is 0 Å². The molecule has 0 amide bonds. The van der Waals surface area contributed by atoms with Crippen molar-refractivity contribution in [2.45, 2.75) is 16.7 Å². The number of carbonyl (C=O) groups is 1. The van der Waals surface area contributed by atoms with Gasteiger partial charge in [0, 0.05) is 34.2 Å². The van der Waals surface area contributed by atoms with Gasteiger partial charge < -0.3 is 14.4 Å². The second-order valence-electron chi connectivity index (χ2n) is 6.56. The molecule has 6 nitrogen and oxygen atoms in total. The smallest absolute Gasteiger partial charge is 0.335 e. The standard InChI is InChI=1S/C21H18ClN3O3S/c1-12-20(29-19-8-13(21(26)27)4-7-18(19)28-3)16-6-5-14(22)9-17(16)25(12)15-10-23-24(2)11-15/h4-11H,1-3H3,(H,26,27). The van der Waals surface area contributed by atoms with Crippen molar-refractivity contribution in [2.75, 3.05) is 7.11 Å². The zero-order valence-electron chi connectivity index (χ0n) is 16.0. The predicted molar refractivity (Wildman–Crippen MR) is 114 cm³/mol. The van der Waals surface area contributed by atoms with Crippen LogP contribution in [0.5, 0.6) is 5.75 Å². The van der Waals surface area contributed by atoms with Crippen LogP contribution in [0.1, 0.15) is 16.1 Å². The van der Waals surface area contributed by atoms with E-state index in [9.17, 15) is 9.90 Å². The molecular weight excluding hydrogens is 410 g/mol. The van der Waals surface area contributed by atoms with Crippen molar-refractivity contribution in [3.05, 3.63) is 65.1 Å². The molecule has 2 aromatic heterocycles. The van der Waals surface area contributed by atoms with Crippen LogP contribution in [0.25, 0.3) is 16.6 Å². The lowest BCUT2D eigenvalue weighted by molar-refractivity contribution is 0.0696. The van der Waals surface area contributed by atoms with Gasteiger partial charge in [-0.3, -0.25) is 4.68 Å². The Morgan fingerprint density at radius 1 is 1.24 bits per heavy atom. The molecule has 0 aliphatic carbocycles. The third-order valence-electron chi connectivity index (χ3n) is 4.68. The number of benzene rings is 2. The van der Waals surface area contributed by atoms with Crippen molar-refractivity contribution in [1.29, 1.82) is 0 Å². The highest BCUT2D eigenvalue weighted by Gasteiger charge is 2.20. The maximum absolute atomic E-state index is 11.4. The van der Waals surface area contributed by atoms with Gasteiger partial charge >= 0.3 is 5.97 Å². The van der Waals surface area contributed by atoms with E-state index in [-0.39, 0.29) is 5.56 Å². The minimum atomic E-state index is -0.976. The Labute approximate surface area is 176 Å². The Balaban J connectivity index is 1.93. The molecule has 0 saturated heterocycles. The number of nitrogens with zero attached hydrogens (tertiary/aromatic N) is 3. The van der Waals surface area contributed by atoms with Gasteiger partial charge in [-0.2, -0.15) is 5.10 Å². The number of hydrogen-bond donors (Lipinski definition) is 1. The van der Waals surface area contributed by atoms with Gasteiger partial charge in [-0.25, -0.2) is 4.79 Å². The summed E-state index contributed by atoms with van der Waals surface area (Å²) in [4.78, 5) is 13.2. The van der Waals surface area contributed by atoms with Gasteiger partial charge in [0.05, 0.1) is 35.0 Å². The Kier molecular flexibility index (Phi) is 5.02. The Bertz CT molecular complexity index is 1250. The number of aromatic carboxylic acids is 1. The number of fused-ring (bicyclic) bond motifs is 1. The number of methoxy groups -OCH3 is 1. The molecule has 0 spiro atoms. The Hall–Kier alpha value is -2.90. The molecule has 0 saturated carbocycles. The molecule has 0 fully saturated rings. The van der Waals surface area contributed by atoms with E-state index in [1.807, 2.05) is 38.4 Å². The van der Waals surface area contributed by atoms with Crippen LogP contribution in [0.15, 0.2) is 58.6 Å². The van der Waals surface area contributed by atoms with Crippen LogP contribution in [0.2, 0.25) is 5.02 Å². The molecule has 8 heteroatoms. The van der Waals surface area contributed by atoms with Gasteiger partial charge in [-0.15, -0.1) is 0 Å². The number of carboxylic acid groups (broad SMARTS) is 1. The maximum Gasteiger partial charge on any atom is 0.335 e. The van der Waals surface area contributed by atoms with Gasteiger partial charge in [0.2, 0.25) is 0 Å². The summed E-state index contributed by atoms with van der Waals surface area (Å²) in [6, 6.07) is 10.6. The van der Waals surface area contributed by atoms with Crippen LogP contribution in [0.4, 0.5) is 0 Å². The largest absolute Gasteiger partial charge is 0.496 e. The molecule has 4 aromatic rings. The Morgan fingerprint density at radius 3 is 2.69 bits per heavy atom. The van der Waals surface area contributed by atoms with E-state index in [1.165, 1.54) is 17.8 Å². The average Bonchev–Trinajstić information content (AvgIpc) is 3.22. The summed E-state index contributed by atoms with van der Waals surface area (Å²) in [5.41, 5.74) is 3.10. The van der Waals surface area contributed by atoms with Gasteiger partial charge in [0.1, 0.15) is 5.75 Å². The van der Waals surface area contributed by atoms with E-state index in [2.05, 4.69) is 9.67 Å². The lowest BCUT2D eigenvalue weighted by Gasteiger charge is -2.10. The van der Waals surface area contributed by atoms with Crippen molar-refractivity contribution in [3.8, 4) is 11.4 Å². The molecule has 0 aliphatic heterocycles. The van der Waals surface area contributed by atoms with Crippen molar-refractivity contribution >= 4 is 40.2 Å². The molecular formula is C21H18ClN3O3S. The predicted octanol–water partition coefficient (Wildman–Crippen LogP) is 5.18. The fourth-order valence-corrected chi connectivity index (χ4v) is 4.69. The third kappa shape index (κ3) is 3.47. The number of aryl methyl sites for hydroxylation is 1. The number of carboxylic acids is 1. The van der Waals surface area contributed by atoms with Crippen molar-refractivity contribution < 1.29 is 14.6 Å². The molecule has 148 valence electrons. The highest BCUT2D eigenvalue weighted by Crippen LogP contribution is 2.43. The minimum absolute atomic E-state index is 0.213. The number of rotatable bonds is 5. The fraction of sp³-hybridized carbons (Fsp3) is 0.143. The molecule has 1 N–H and O–H groups in total. The minimum Gasteiger partial charge on any atom is -0.496 e. The first kappa shape index (κ1) is 19.4. The lowest BCUT2D eigenvalue weighted by Crippen LogP contribution is -1.98. The topological polar surface area (TPSA) is 69.3 Å². The molecule has 4 rings (SSSR count). The summed E-state index contributed by atoms with van der Waals surface area (Å²) in [6.07, 6.45) is 3.74. The van der Waals surface area contributed by atoms with Crippen LogP contribution >= 0.6 is 23.4 Å². The van der Waals surface area contributed by atoms with E-state index < -0.39 is 5.97 Å². The Morgan fingerprint density at radius 2 is 2.03 bits per heavy atom. The van der Waals surface area contributed by atoms with Gasteiger partial charge in [-0.1, -0.05) is 29.4 Å². The molecule has 0 radical (unpaired) electrons. The normalized spacial score (nSPS) is 11.2. The number of hydrogen-bond acceptors (Lipinski definition) is 4. The quantitative estimate of drug-likeness (QED) is 0.475. The molecule has 29 heavy (non-hydrogen) atoms. The van der Waals surface area contributed by atoms with Crippen LogP contribution in [0, 0.1) is 6.92 Å². The number of aromatic nitrogens is 3. The first-order valence-electron chi connectivity index (χ1n) is 8.78. The summed E-state index contributed by atoms with van der Waals surface area (Å²) in [5.74, 6) is -0.355. The molecule has 2 heterocycles. The zero-order chi connectivity index (χ0) is 20.7. The lowest BCUT2D eigenvalue weighted by atomic mass is 10.2. The molecule has 2 aromatic carbocycles. The van der Waals surface area contributed by atoms with Crippen molar-refractivity contribution in [1.82, 2.24) is 14.3 Å². The van der Waals surface area contributed by atoms with Gasteiger partial charge in [0.15, 0.2) is 0 Å². The van der Waals surface area contributed by atoms with E-state index in [0.717, 1.165) is 32.1 Å². The first-order valence-corrected chi connectivity index (χ1v) is 9.97. The first-order chi connectivity index (χ1) is 13.9. The van der Waals surface area contributed by atoms with Gasteiger partial charge in [-0.05, 0) is 37.3 Å². The second kappa shape index (κ2) is 7.50. The van der Waals surface area contributed by atoms with E-state index in [0.29, 0.717) is 10.8 Å². The van der Waals surface area contributed by atoms with Gasteiger partial charge in [0.25, 0.3) is 0 Å².